The Kier molecular flexibility index (Phi) is 7.46. The Bertz CT molecular complexity index is 499. The molecule has 0 aromatic heterocycles. The minimum absolute atomic E-state index is 0. The van der Waals surface area contributed by atoms with Crippen LogP contribution in [0.4, 0.5) is 0 Å². The van der Waals surface area contributed by atoms with Crippen molar-refractivity contribution >= 4 is 29.9 Å². The highest BCUT2D eigenvalue weighted by Crippen LogP contribution is 2.22. The molecule has 4 nitrogen and oxygen atoms in total. The van der Waals surface area contributed by atoms with Crippen LogP contribution in [0.5, 0.6) is 5.75 Å². The van der Waals surface area contributed by atoms with E-state index < -0.39 is 6.04 Å². The van der Waals surface area contributed by atoms with Crippen LogP contribution in [0.15, 0.2) is 24.3 Å². The zero-order valence-corrected chi connectivity index (χ0v) is 14.6. The fourth-order valence-corrected chi connectivity index (χ4v) is 2.65. The van der Waals surface area contributed by atoms with E-state index in [1.807, 2.05) is 36.9 Å². The smallest absolute Gasteiger partial charge is 0.239 e. The molecule has 1 saturated heterocycles. The molecule has 2 N–H and O–H groups in total. The molecule has 124 valence electrons. The number of halogens is 2. The van der Waals surface area contributed by atoms with Crippen LogP contribution in [0.2, 0.25) is 5.02 Å². The van der Waals surface area contributed by atoms with Crippen molar-refractivity contribution in [1.29, 1.82) is 0 Å². The number of nitrogens with zero attached hydrogens (tertiary/aromatic N) is 1. The molecule has 0 radical (unpaired) electrons. The van der Waals surface area contributed by atoms with E-state index >= 15 is 0 Å². The van der Waals surface area contributed by atoms with E-state index in [-0.39, 0.29) is 30.3 Å². The van der Waals surface area contributed by atoms with Gasteiger partial charge in [-0.1, -0.05) is 37.9 Å². The minimum atomic E-state index is -0.417. The van der Waals surface area contributed by atoms with Crippen LogP contribution in [0.1, 0.15) is 26.7 Å². The summed E-state index contributed by atoms with van der Waals surface area (Å²) in [7, 11) is 0. The lowest BCUT2D eigenvalue weighted by Gasteiger charge is -2.24. The fourth-order valence-electron chi connectivity index (χ4n) is 2.47. The quantitative estimate of drug-likeness (QED) is 0.890. The highest BCUT2D eigenvalue weighted by molar-refractivity contribution is 6.30. The molecule has 0 spiro atoms. The lowest BCUT2D eigenvalue weighted by atomic mass is 9.99. The summed E-state index contributed by atoms with van der Waals surface area (Å²) in [5, 5.41) is 0.650. The van der Waals surface area contributed by atoms with Crippen molar-refractivity contribution in [3.05, 3.63) is 29.3 Å². The number of rotatable bonds is 5. The third kappa shape index (κ3) is 4.77. The van der Waals surface area contributed by atoms with Crippen LogP contribution in [0, 0.1) is 5.92 Å². The van der Waals surface area contributed by atoms with E-state index in [9.17, 15) is 4.79 Å². The van der Waals surface area contributed by atoms with Crippen molar-refractivity contribution in [3.63, 3.8) is 0 Å². The summed E-state index contributed by atoms with van der Waals surface area (Å²) in [6.45, 7) is 5.36. The van der Waals surface area contributed by atoms with Crippen LogP contribution < -0.4 is 10.5 Å². The first-order chi connectivity index (χ1) is 10.0. The molecule has 1 heterocycles. The summed E-state index contributed by atoms with van der Waals surface area (Å²) in [6.07, 6.45) is 1.74. The standard InChI is InChI=1S/C16H23ClN2O2.ClH/c1-3-11(2)15(18)16(20)19-8-7-14(10-19)21-13-6-4-5-12(17)9-13;/h4-6,9,11,14-15H,3,7-8,10,18H2,1-2H3;1H. The van der Waals surface area contributed by atoms with Gasteiger partial charge in [-0.05, 0) is 24.1 Å². The summed E-state index contributed by atoms with van der Waals surface area (Å²) in [5.41, 5.74) is 6.02. The Labute approximate surface area is 143 Å². The van der Waals surface area contributed by atoms with Gasteiger partial charge < -0.3 is 15.4 Å². The van der Waals surface area contributed by atoms with Crippen LogP contribution >= 0.6 is 24.0 Å². The average Bonchev–Trinajstić information content (AvgIpc) is 2.93. The van der Waals surface area contributed by atoms with Crippen LogP contribution in [0.25, 0.3) is 0 Å². The van der Waals surface area contributed by atoms with E-state index in [0.717, 1.165) is 18.6 Å². The number of nitrogens with two attached hydrogens (primary N) is 1. The van der Waals surface area contributed by atoms with E-state index in [0.29, 0.717) is 18.1 Å². The van der Waals surface area contributed by atoms with E-state index in [4.69, 9.17) is 22.1 Å². The molecule has 1 aliphatic heterocycles. The Morgan fingerprint density at radius 3 is 2.91 bits per heavy atom. The fraction of sp³-hybridized carbons (Fsp3) is 0.562. The zero-order valence-electron chi connectivity index (χ0n) is 13.0. The predicted molar refractivity (Wildman–Crippen MR) is 91.7 cm³/mol. The molecule has 1 aromatic carbocycles. The molecule has 1 amide bonds. The van der Waals surface area contributed by atoms with Gasteiger partial charge in [0.05, 0.1) is 12.6 Å². The molecule has 2 rings (SSSR count). The monoisotopic (exact) mass is 346 g/mol. The van der Waals surface area contributed by atoms with Gasteiger partial charge >= 0.3 is 0 Å². The molecular formula is C16H24Cl2N2O2. The van der Waals surface area contributed by atoms with Crippen LogP contribution in [0.3, 0.4) is 0 Å². The normalized spacial score (nSPS) is 20.2. The van der Waals surface area contributed by atoms with Gasteiger partial charge in [-0.25, -0.2) is 0 Å². The molecule has 6 heteroatoms. The first kappa shape index (κ1) is 19.1. The molecule has 1 aromatic rings. The maximum Gasteiger partial charge on any atom is 0.239 e. The Morgan fingerprint density at radius 2 is 2.27 bits per heavy atom. The van der Waals surface area contributed by atoms with Crippen molar-refractivity contribution in [2.45, 2.75) is 38.8 Å². The van der Waals surface area contributed by atoms with Crippen molar-refractivity contribution in [2.75, 3.05) is 13.1 Å². The number of carbonyl (C=O) groups is 1. The number of likely N-dealkylation sites (tertiary alicyclic amines) is 1. The van der Waals surface area contributed by atoms with Gasteiger partial charge in [0.25, 0.3) is 0 Å². The highest BCUT2D eigenvalue weighted by Gasteiger charge is 2.32. The van der Waals surface area contributed by atoms with Crippen molar-refractivity contribution in [3.8, 4) is 5.75 Å². The minimum Gasteiger partial charge on any atom is -0.488 e. The maximum atomic E-state index is 12.3. The summed E-state index contributed by atoms with van der Waals surface area (Å²) >= 11 is 5.94. The number of benzene rings is 1. The lowest BCUT2D eigenvalue weighted by Crippen LogP contribution is -2.46. The van der Waals surface area contributed by atoms with Gasteiger partial charge in [0.2, 0.25) is 5.91 Å². The third-order valence-corrected chi connectivity index (χ3v) is 4.33. The number of ether oxygens (including phenoxy) is 1. The number of hydrogen-bond acceptors (Lipinski definition) is 3. The summed E-state index contributed by atoms with van der Waals surface area (Å²) in [5.74, 6) is 0.972. The van der Waals surface area contributed by atoms with Gasteiger partial charge in [-0.2, -0.15) is 0 Å². The highest BCUT2D eigenvalue weighted by atomic mass is 35.5. The van der Waals surface area contributed by atoms with E-state index in [2.05, 4.69) is 0 Å². The molecule has 1 aliphatic rings. The van der Waals surface area contributed by atoms with Gasteiger partial charge in [0.15, 0.2) is 0 Å². The summed E-state index contributed by atoms with van der Waals surface area (Å²) in [4.78, 5) is 14.1. The molecular weight excluding hydrogens is 323 g/mol. The Morgan fingerprint density at radius 1 is 1.55 bits per heavy atom. The van der Waals surface area contributed by atoms with Crippen molar-refractivity contribution in [1.82, 2.24) is 4.90 Å². The molecule has 0 saturated carbocycles. The van der Waals surface area contributed by atoms with E-state index in [1.165, 1.54) is 0 Å². The molecule has 0 bridgehead atoms. The van der Waals surface area contributed by atoms with Crippen molar-refractivity contribution in [2.24, 2.45) is 11.7 Å². The predicted octanol–water partition coefficient (Wildman–Crippen LogP) is 3.11. The second-order valence-electron chi connectivity index (χ2n) is 5.68. The summed E-state index contributed by atoms with van der Waals surface area (Å²) < 4.78 is 5.88. The van der Waals surface area contributed by atoms with Gasteiger partial charge in [-0.15, -0.1) is 12.4 Å². The largest absolute Gasteiger partial charge is 0.488 e. The Balaban J connectivity index is 0.00000242. The molecule has 0 aliphatic carbocycles. The summed E-state index contributed by atoms with van der Waals surface area (Å²) in [6, 6.07) is 6.91. The lowest BCUT2D eigenvalue weighted by molar-refractivity contribution is -0.132. The Hall–Kier alpha value is -0.970. The maximum absolute atomic E-state index is 12.3. The number of carbonyl (C=O) groups excluding carboxylic acids is 1. The molecule has 22 heavy (non-hydrogen) atoms. The van der Waals surface area contributed by atoms with Crippen LogP contribution in [-0.2, 0) is 4.79 Å². The third-order valence-electron chi connectivity index (χ3n) is 4.10. The van der Waals surface area contributed by atoms with E-state index in [1.54, 1.807) is 6.07 Å². The second kappa shape index (κ2) is 8.61. The number of hydrogen-bond donors (Lipinski definition) is 1. The average molecular weight is 347 g/mol. The molecule has 1 fully saturated rings. The van der Waals surface area contributed by atoms with Gasteiger partial charge in [0, 0.05) is 18.0 Å². The SMILES string of the molecule is CCC(C)C(N)C(=O)N1CCC(Oc2cccc(Cl)c2)C1.Cl. The van der Waals surface area contributed by atoms with Crippen LogP contribution in [-0.4, -0.2) is 36.0 Å². The topological polar surface area (TPSA) is 55.6 Å². The van der Waals surface area contributed by atoms with Gasteiger partial charge in [0.1, 0.15) is 11.9 Å². The van der Waals surface area contributed by atoms with Gasteiger partial charge in [-0.3, -0.25) is 4.79 Å². The molecule has 3 unspecified atom stereocenters. The molecule has 3 atom stereocenters. The second-order valence-corrected chi connectivity index (χ2v) is 6.12. The van der Waals surface area contributed by atoms with Crippen molar-refractivity contribution < 1.29 is 9.53 Å². The number of amides is 1. The first-order valence-electron chi connectivity index (χ1n) is 7.47. The first-order valence-corrected chi connectivity index (χ1v) is 7.85. The zero-order chi connectivity index (χ0) is 15.4.